The molecule has 0 amide bonds. The van der Waals surface area contributed by atoms with Crippen molar-refractivity contribution in [3.8, 4) is 5.69 Å². The Kier molecular flexibility index (Phi) is 2.75. The Balaban J connectivity index is 2.03. The third-order valence-electron chi connectivity index (χ3n) is 4.41. The van der Waals surface area contributed by atoms with E-state index in [1.807, 2.05) is 4.68 Å². The van der Waals surface area contributed by atoms with Crippen LogP contribution in [0.25, 0.3) is 5.69 Å². The SMILES string of the molecule is Cc1ccc(-n2nc(C3(CN)CC3)cc2C)cc1C. The van der Waals surface area contributed by atoms with Crippen LogP contribution in [0.2, 0.25) is 0 Å². The number of rotatable bonds is 3. The summed E-state index contributed by atoms with van der Waals surface area (Å²) in [5.74, 6) is 0. The first-order chi connectivity index (χ1) is 9.05. The van der Waals surface area contributed by atoms with Crippen LogP contribution in [0.4, 0.5) is 0 Å². The quantitative estimate of drug-likeness (QED) is 0.916. The zero-order valence-corrected chi connectivity index (χ0v) is 11.9. The Bertz CT molecular complexity index is 621. The number of hydrogen-bond acceptors (Lipinski definition) is 2. The van der Waals surface area contributed by atoms with Gasteiger partial charge in [0.1, 0.15) is 0 Å². The third-order valence-corrected chi connectivity index (χ3v) is 4.41. The molecule has 3 rings (SSSR count). The minimum atomic E-state index is 0.162. The molecule has 0 atom stereocenters. The van der Waals surface area contributed by atoms with Crippen LogP contribution in [-0.2, 0) is 5.41 Å². The van der Waals surface area contributed by atoms with Gasteiger partial charge in [-0.15, -0.1) is 0 Å². The van der Waals surface area contributed by atoms with E-state index in [0.717, 1.165) is 11.4 Å². The van der Waals surface area contributed by atoms with Crippen LogP contribution in [0.3, 0.4) is 0 Å². The number of nitrogens with two attached hydrogens (primary N) is 1. The molecule has 0 bridgehead atoms. The molecule has 0 aliphatic heterocycles. The maximum atomic E-state index is 5.89. The van der Waals surface area contributed by atoms with Crippen molar-refractivity contribution in [3.05, 3.63) is 46.8 Å². The summed E-state index contributed by atoms with van der Waals surface area (Å²) in [4.78, 5) is 0. The van der Waals surface area contributed by atoms with E-state index in [-0.39, 0.29) is 5.41 Å². The van der Waals surface area contributed by atoms with Crippen LogP contribution >= 0.6 is 0 Å². The van der Waals surface area contributed by atoms with Crippen LogP contribution in [0.1, 0.15) is 35.4 Å². The topological polar surface area (TPSA) is 43.8 Å². The molecule has 1 aromatic carbocycles. The summed E-state index contributed by atoms with van der Waals surface area (Å²) in [5.41, 5.74) is 12.1. The molecule has 1 saturated carbocycles. The van der Waals surface area contributed by atoms with Crippen molar-refractivity contribution >= 4 is 0 Å². The second-order valence-electron chi connectivity index (χ2n) is 5.84. The molecule has 1 heterocycles. The van der Waals surface area contributed by atoms with Gasteiger partial charge in [0.2, 0.25) is 0 Å². The normalized spacial score (nSPS) is 16.6. The predicted octanol–water partition coefficient (Wildman–Crippen LogP) is 2.79. The van der Waals surface area contributed by atoms with Gasteiger partial charge in [-0.1, -0.05) is 6.07 Å². The smallest absolute Gasteiger partial charge is 0.0706 e. The Morgan fingerprint density at radius 1 is 1.16 bits per heavy atom. The Labute approximate surface area is 114 Å². The van der Waals surface area contributed by atoms with E-state index in [4.69, 9.17) is 10.8 Å². The van der Waals surface area contributed by atoms with Crippen molar-refractivity contribution < 1.29 is 0 Å². The van der Waals surface area contributed by atoms with E-state index in [2.05, 4.69) is 45.0 Å². The van der Waals surface area contributed by atoms with Gasteiger partial charge < -0.3 is 5.73 Å². The van der Waals surface area contributed by atoms with Crippen molar-refractivity contribution in [1.82, 2.24) is 9.78 Å². The maximum Gasteiger partial charge on any atom is 0.0706 e. The molecule has 0 saturated heterocycles. The molecule has 0 unspecified atom stereocenters. The molecule has 2 N–H and O–H groups in total. The molecular weight excluding hydrogens is 234 g/mol. The monoisotopic (exact) mass is 255 g/mol. The number of aromatic nitrogens is 2. The van der Waals surface area contributed by atoms with Gasteiger partial charge in [-0.3, -0.25) is 0 Å². The fourth-order valence-electron chi connectivity index (χ4n) is 2.57. The van der Waals surface area contributed by atoms with E-state index in [9.17, 15) is 0 Å². The number of nitrogens with zero attached hydrogens (tertiary/aromatic N) is 2. The minimum absolute atomic E-state index is 0.162. The summed E-state index contributed by atoms with van der Waals surface area (Å²) in [7, 11) is 0. The van der Waals surface area contributed by atoms with Gasteiger partial charge in [-0.05, 0) is 62.9 Å². The first kappa shape index (κ1) is 12.4. The summed E-state index contributed by atoms with van der Waals surface area (Å²) in [6, 6.07) is 8.67. The standard InChI is InChI=1S/C16H21N3/c1-11-4-5-14(8-12(11)2)19-13(3)9-15(18-19)16(10-17)6-7-16/h4-5,8-9H,6-7,10,17H2,1-3H3. The van der Waals surface area contributed by atoms with Gasteiger partial charge in [-0.25, -0.2) is 4.68 Å². The van der Waals surface area contributed by atoms with Gasteiger partial charge in [-0.2, -0.15) is 5.10 Å². The van der Waals surface area contributed by atoms with Crippen LogP contribution in [0.5, 0.6) is 0 Å². The second-order valence-corrected chi connectivity index (χ2v) is 5.84. The molecule has 1 aliphatic carbocycles. The largest absolute Gasteiger partial charge is 0.330 e. The molecule has 1 aromatic heterocycles. The lowest BCUT2D eigenvalue weighted by Gasteiger charge is -2.09. The summed E-state index contributed by atoms with van der Waals surface area (Å²) < 4.78 is 2.04. The highest BCUT2D eigenvalue weighted by Crippen LogP contribution is 2.46. The number of hydrogen-bond donors (Lipinski definition) is 1. The Hall–Kier alpha value is -1.61. The Morgan fingerprint density at radius 2 is 1.89 bits per heavy atom. The molecule has 19 heavy (non-hydrogen) atoms. The molecule has 3 nitrogen and oxygen atoms in total. The lowest BCUT2D eigenvalue weighted by atomic mass is 10.0. The van der Waals surface area contributed by atoms with Gasteiger partial charge in [0.15, 0.2) is 0 Å². The molecular formula is C16H21N3. The number of aryl methyl sites for hydroxylation is 3. The van der Waals surface area contributed by atoms with Gasteiger partial charge in [0, 0.05) is 17.7 Å². The van der Waals surface area contributed by atoms with E-state index in [1.54, 1.807) is 0 Å². The molecule has 2 aromatic rings. The summed E-state index contributed by atoms with van der Waals surface area (Å²) in [5, 5.41) is 4.79. The zero-order valence-electron chi connectivity index (χ0n) is 11.9. The van der Waals surface area contributed by atoms with Gasteiger partial charge in [0.25, 0.3) is 0 Å². The van der Waals surface area contributed by atoms with Gasteiger partial charge >= 0.3 is 0 Å². The molecule has 1 fully saturated rings. The highest BCUT2D eigenvalue weighted by Gasteiger charge is 2.45. The number of benzene rings is 1. The average molecular weight is 255 g/mol. The van der Waals surface area contributed by atoms with E-state index >= 15 is 0 Å². The minimum Gasteiger partial charge on any atom is -0.330 e. The fraction of sp³-hybridized carbons (Fsp3) is 0.438. The Morgan fingerprint density at radius 3 is 2.47 bits per heavy atom. The molecule has 0 spiro atoms. The van der Waals surface area contributed by atoms with Crippen molar-refractivity contribution in [2.45, 2.75) is 39.0 Å². The van der Waals surface area contributed by atoms with Crippen LogP contribution < -0.4 is 5.73 Å². The highest BCUT2D eigenvalue weighted by molar-refractivity contribution is 5.41. The van der Waals surface area contributed by atoms with E-state index < -0.39 is 0 Å². The zero-order chi connectivity index (χ0) is 13.6. The predicted molar refractivity (Wildman–Crippen MR) is 77.7 cm³/mol. The second kappa shape index (κ2) is 4.20. The lowest BCUT2D eigenvalue weighted by molar-refractivity contribution is 0.660. The van der Waals surface area contributed by atoms with Crippen LogP contribution in [0, 0.1) is 20.8 Å². The highest BCUT2D eigenvalue weighted by atomic mass is 15.3. The van der Waals surface area contributed by atoms with Crippen LogP contribution in [0.15, 0.2) is 24.3 Å². The first-order valence-corrected chi connectivity index (χ1v) is 6.91. The summed E-state index contributed by atoms with van der Waals surface area (Å²) in [6.45, 7) is 7.09. The fourth-order valence-corrected chi connectivity index (χ4v) is 2.57. The maximum absolute atomic E-state index is 5.89. The third kappa shape index (κ3) is 1.98. The van der Waals surface area contributed by atoms with Crippen molar-refractivity contribution in [2.24, 2.45) is 5.73 Å². The van der Waals surface area contributed by atoms with Crippen molar-refractivity contribution in [3.63, 3.8) is 0 Å². The molecule has 3 heteroatoms. The molecule has 100 valence electrons. The average Bonchev–Trinajstić information content (AvgIpc) is 3.10. The van der Waals surface area contributed by atoms with Gasteiger partial charge in [0.05, 0.1) is 11.4 Å². The summed E-state index contributed by atoms with van der Waals surface area (Å²) >= 11 is 0. The first-order valence-electron chi connectivity index (χ1n) is 6.91. The van der Waals surface area contributed by atoms with E-state index in [1.165, 1.54) is 29.7 Å². The summed E-state index contributed by atoms with van der Waals surface area (Å²) in [6.07, 6.45) is 2.35. The van der Waals surface area contributed by atoms with Crippen molar-refractivity contribution in [2.75, 3.05) is 6.54 Å². The molecule has 1 aliphatic rings. The lowest BCUT2D eigenvalue weighted by Crippen LogP contribution is -2.20. The molecule has 0 radical (unpaired) electrons. The van der Waals surface area contributed by atoms with Crippen LogP contribution in [-0.4, -0.2) is 16.3 Å². The van der Waals surface area contributed by atoms with E-state index in [0.29, 0.717) is 6.54 Å². The van der Waals surface area contributed by atoms with Crippen molar-refractivity contribution in [1.29, 1.82) is 0 Å².